The number of carbonyl (C=O) groups excluding carboxylic acids is 1. The molecule has 1 amide bonds. The maximum atomic E-state index is 11.8. The van der Waals surface area contributed by atoms with Gasteiger partial charge < -0.3 is 10.4 Å². The lowest BCUT2D eigenvalue weighted by Gasteiger charge is -2.10. The second-order valence-electron chi connectivity index (χ2n) is 4.37. The van der Waals surface area contributed by atoms with Gasteiger partial charge in [0.15, 0.2) is 0 Å². The molecule has 0 fully saturated rings. The Morgan fingerprint density at radius 3 is 2.72 bits per heavy atom. The number of hydrogen-bond acceptors (Lipinski definition) is 3. The molecule has 1 rings (SSSR count). The molecule has 1 aromatic carbocycles. The molecule has 4 nitrogen and oxygen atoms in total. The van der Waals surface area contributed by atoms with Gasteiger partial charge in [0.05, 0.1) is 5.56 Å². The summed E-state index contributed by atoms with van der Waals surface area (Å²) in [6.45, 7) is 4.18. The average Bonchev–Trinajstić information content (AvgIpc) is 2.28. The first-order valence-electron chi connectivity index (χ1n) is 5.82. The van der Waals surface area contributed by atoms with Gasteiger partial charge in [0.25, 0.3) is 5.91 Å². The van der Waals surface area contributed by atoms with Crippen molar-refractivity contribution in [3.63, 3.8) is 0 Å². The van der Waals surface area contributed by atoms with Crippen LogP contribution >= 0.6 is 0 Å². The van der Waals surface area contributed by atoms with Crippen molar-refractivity contribution in [1.82, 2.24) is 5.32 Å². The fourth-order valence-electron chi connectivity index (χ4n) is 1.48. The number of amides is 1. The topological polar surface area (TPSA) is 66.4 Å². The van der Waals surface area contributed by atoms with E-state index in [4.69, 9.17) is 0 Å². The third-order valence-corrected chi connectivity index (χ3v) is 4.17. The number of phenolic OH excluding ortho intramolecular Hbond substituents is 1. The predicted octanol–water partition coefficient (Wildman–Crippen LogP) is 1.59. The smallest absolute Gasteiger partial charge is 0.255 e. The normalized spacial score (nSPS) is 13.9. The van der Waals surface area contributed by atoms with E-state index in [0.717, 1.165) is 5.56 Å². The Morgan fingerprint density at radius 2 is 2.17 bits per heavy atom. The monoisotopic (exact) mass is 269 g/mol. The molecule has 0 heterocycles. The number of carbonyl (C=O) groups is 1. The summed E-state index contributed by atoms with van der Waals surface area (Å²) in [6.07, 6.45) is 2.31. The molecule has 2 unspecified atom stereocenters. The standard InChI is InChI=1S/C13H19NO3S/c1-9-4-5-11(12(15)8-9)13(16)14-7-6-10(2)18(3)17/h4-5,8,10,15H,6-7H2,1-3H3,(H,14,16). The van der Waals surface area contributed by atoms with Crippen LogP contribution in [-0.2, 0) is 10.8 Å². The molecule has 2 atom stereocenters. The van der Waals surface area contributed by atoms with Gasteiger partial charge in [0.2, 0.25) is 0 Å². The molecule has 5 heteroatoms. The molecule has 0 spiro atoms. The molecule has 0 radical (unpaired) electrons. The lowest BCUT2D eigenvalue weighted by molar-refractivity contribution is 0.0950. The molecule has 1 aromatic rings. The van der Waals surface area contributed by atoms with Crippen molar-refractivity contribution in [2.24, 2.45) is 0 Å². The Kier molecular flexibility index (Phi) is 5.34. The highest BCUT2D eigenvalue weighted by Gasteiger charge is 2.11. The van der Waals surface area contributed by atoms with Gasteiger partial charge in [-0.05, 0) is 31.0 Å². The number of phenols is 1. The molecule has 0 saturated heterocycles. The molecule has 100 valence electrons. The van der Waals surface area contributed by atoms with Crippen LogP contribution in [0.25, 0.3) is 0 Å². The first kappa shape index (κ1) is 14.7. The van der Waals surface area contributed by atoms with E-state index in [1.54, 1.807) is 24.5 Å². The van der Waals surface area contributed by atoms with Crippen LogP contribution in [0.2, 0.25) is 0 Å². The highest BCUT2D eigenvalue weighted by atomic mass is 32.2. The van der Waals surface area contributed by atoms with E-state index in [0.29, 0.717) is 13.0 Å². The Balaban J connectivity index is 2.53. The van der Waals surface area contributed by atoms with Crippen LogP contribution in [0.5, 0.6) is 5.75 Å². The number of benzene rings is 1. The predicted molar refractivity (Wildman–Crippen MR) is 73.3 cm³/mol. The lowest BCUT2D eigenvalue weighted by atomic mass is 10.1. The SMILES string of the molecule is Cc1ccc(C(=O)NCCC(C)S(C)=O)c(O)c1. The van der Waals surface area contributed by atoms with Gasteiger partial charge in [-0.1, -0.05) is 13.0 Å². The minimum atomic E-state index is -0.878. The van der Waals surface area contributed by atoms with Crippen LogP contribution in [0, 0.1) is 6.92 Å². The molecule has 0 aliphatic carbocycles. The van der Waals surface area contributed by atoms with Crippen LogP contribution in [0.15, 0.2) is 18.2 Å². The lowest BCUT2D eigenvalue weighted by Crippen LogP contribution is -2.27. The number of rotatable bonds is 5. The van der Waals surface area contributed by atoms with Gasteiger partial charge in [-0.2, -0.15) is 0 Å². The summed E-state index contributed by atoms with van der Waals surface area (Å²) < 4.78 is 11.1. The van der Waals surface area contributed by atoms with Crippen molar-refractivity contribution in [3.05, 3.63) is 29.3 Å². The molecule has 0 aromatic heterocycles. The van der Waals surface area contributed by atoms with E-state index in [1.165, 1.54) is 0 Å². The maximum Gasteiger partial charge on any atom is 0.255 e. The molecule has 0 aliphatic heterocycles. The minimum absolute atomic E-state index is 0.0142. The van der Waals surface area contributed by atoms with E-state index < -0.39 is 10.8 Å². The van der Waals surface area contributed by atoms with E-state index in [-0.39, 0.29) is 22.5 Å². The quantitative estimate of drug-likeness (QED) is 0.853. The van der Waals surface area contributed by atoms with Crippen molar-refractivity contribution >= 4 is 16.7 Å². The molecule has 2 N–H and O–H groups in total. The van der Waals surface area contributed by atoms with E-state index in [2.05, 4.69) is 5.32 Å². The van der Waals surface area contributed by atoms with Crippen molar-refractivity contribution in [2.75, 3.05) is 12.8 Å². The second kappa shape index (κ2) is 6.54. The zero-order valence-corrected chi connectivity index (χ0v) is 11.7. The van der Waals surface area contributed by atoms with Crippen LogP contribution < -0.4 is 5.32 Å². The van der Waals surface area contributed by atoms with Crippen LogP contribution in [-0.4, -0.2) is 33.3 Å². The molecule has 0 aliphatic rings. The summed E-state index contributed by atoms with van der Waals surface area (Å²) in [7, 11) is -0.878. The zero-order valence-electron chi connectivity index (χ0n) is 10.9. The van der Waals surface area contributed by atoms with Gasteiger partial charge in [-0.25, -0.2) is 0 Å². The summed E-state index contributed by atoms with van der Waals surface area (Å²) in [5, 5.41) is 12.4. The van der Waals surface area contributed by atoms with E-state index in [1.807, 2.05) is 13.8 Å². The summed E-state index contributed by atoms with van der Waals surface area (Å²) in [5.74, 6) is -0.318. The number of aryl methyl sites for hydroxylation is 1. The zero-order chi connectivity index (χ0) is 13.7. The van der Waals surface area contributed by atoms with Crippen molar-refractivity contribution in [2.45, 2.75) is 25.5 Å². The van der Waals surface area contributed by atoms with Gasteiger partial charge in [-0.15, -0.1) is 0 Å². The third-order valence-electron chi connectivity index (χ3n) is 2.80. The third kappa shape index (κ3) is 4.14. The van der Waals surface area contributed by atoms with E-state index >= 15 is 0 Å². The van der Waals surface area contributed by atoms with E-state index in [9.17, 15) is 14.1 Å². The van der Waals surface area contributed by atoms with Crippen molar-refractivity contribution < 1.29 is 14.1 Å². The molecule has 18 heavy (non-hydrogen) atoms. The molecule has 0 saturated carbocycles. The van der Waals surface area contributed by atoms with Crippen LogP contribution in [0.3, 0.4) is 0 Å². The largest absolute Gasteiger partial charge is 0.507 e. The fraction of sp³-hybridized carbons (Fsp3) is 0.462. The number of nitrogens with one attached hydrogen (secondary N) is 1. The van der Waals surface area contributed by atoms with Crippen molar-refractivity contribution in [3.8, 4) is 5.75 Å². The fourth-order valence-corrected chi connectivity index (χ4v) is 1.93. The Labute approximate surface area is 110 Å². The number of aromatic hydroxyl groups is 1. The summed E-state index contributed by atoms with van der Waals surface area (Å²) in [6, 6.07) is 4.93. The Hall–Kier alpha value is -1.36. The highest BCUT2D eigenvalue weighted by Crippen LogP contribution is 2.18. The summed E-state index contributed by atoms with van der Waals surface area (Å²) in [5.41, 5.74) is 1.17. The summed E-state index contributed by atoms with van der Waals surface area (Å²) >= 11 is 0. The van der Waals surface area contributed by atoms with Gasteiger partial charge in [-0.3, -0.25) is 9.00 Å². The van der Waals surface area contributed by atoms with Crippen LogP contribution in [0.4, 0.5) is 0 Å². The first-order chi connectivity index (χ1) is 8.41. The highest BCUT2D eigenvalue weighted by molar-refractivity contribution is 7.84. The molecule has 0 bridgehead atoms. The Bertz CT molecular complexity index is 460. The molecular weight excluding hydrogens is 250 g/mol. The van der Waals surface area contributed by atoms with Crippen LogP contribution in [0.1, 0.15) is 29.3 Å². The Morgan fingerprint density at radius 1 is 1.50 bits per heavy atom. The summed E-state index contributed by atoms with van der Waals surface area (Å²) in [4.78, 5) is 11.8. The maximum absolute atomic E-state index is 11.8. The van der Waals surface area contributed by atoms with Gasteiger partial charge in [0, 0.05) is 28.9 Å². The van der Waals surface area contributed by atoms with Gasteiger partial charge >= 0.3 is 0 Å². The second-order valence-corrected chi connectivity index (χ2v) is 6.18. The van der Waals surface area contributed by atoms with Crippen molar-refractivity contribution in [1.29, 1.82) is 0 Å². The van der Waals surface area contributed by atoms with Gasteiger partial charge in [0.1, 0.15) is 5.75 Å². The molecular formula is C13H19NO3S. The number of hydrogen-bond donors (Lipinski definition) is 2. The first-order valence-corrected chi connectivity index (χ1v) is 7.44. The average molecular weight is 269 g/mol. The minimum Gasteiger partial charge on any atom is -0.507 e.